The van der Waals surface area contributed by atoms with Crippen LogP contribution in [0.2, 0.25) is 0 Å². The Hall–Kier alpha value is -1.77. The van der Waals surface area contributed by atoms with Crippen LogP contribution < -0.4 is 5.73 Å². The lowest BCUT2D eigenvalue weighted by molar-refractivity contribution is 0.689. The van der Waals surface area contributed by atoms with Gasteiger partial charge in [-0.2, -0.15) is 5.10 Å². The van der Waals surface area contributed by atoms with Crippen molar-refractivity contribution >= 4 is 5.82 Å². The van der Waals surface area contributed by atoms with E-state index in [1.165, 1.54) is 16.7 Å². The lowest BCUT2D eigenvalue weighted by Gasteiger charge is -2.07. The molecule has 1 aromatic carbocycles. The summed E-state index contributed by atoms with van der Waals surface area (Å²) in [7, 11) is 0. The maximum absolute atomic E-state index is 5.86. The molecule has 1 heterocycles. The lowest BCUT2D eigenvalue weighted by Crippen LogP contribution is -2.06. The number of hydrogen-bond donors (Lipinski definition) is 1. The van der Waals surface area contributed by atoms with Crippen molar-refractivity contribution in [2.75, 3.05) is 5.73 Å². The molecule has 0 aliphatic rings. The summed E-state index contributed by atoms with van der Waals surface area (Å²) in [4.78, 5) is 0. The predicted molar refractivity (Wildman–Crippen MR) is 66.4 cm³/mol. The van der Waals surface area contributed by atoms with Crippen LogP contribution in [0.5, 0.6) is 0 Å². The second kappa shape index (κ2) is 4.00. The summed E-state index contributed by atoms with van der Waals surface area (Å²) in [6, 6.07) is 8.34. The van der Waals surface area contributed by atoms with Crippen molar-refractivity contribution in [3.8, 4) is 0 Å². The zero-order valence-electron chi connectivity index (χ0n) is 9.99. The highest BCUT2D eigenvalue weighted by Gasteiger charge is 2.03. The minimum absolute atomic E-state index is 0.718. The van der Waals surface area contributed by atoms with Crippen LogP contribution in [-0.2, 0) is 6.54 Å². The molecule has 84 valence electrons. The van der Waals surface area contributed by atoms with Crippen LogP contribution in [0.3, 0.4) is 0 Å². The number of nitrogens with zero attached hydrogens (tertiary/aromatic N) is 2. The van der Waals surface area contributed by atoms with Gasteiger partial charge in [-0.05, 0) is 37.5 Å². The minimum Gasteiger partial charge on any atom is -0.384 e. The van der Waals surface area contributed by atoms with Crippen molar-refractivity contribution in [3.63, 3.8) is 0 Å². The number of benzene rings is 1. The lowest BCUT2D eigenvalue weighted by atomic mass is 10.1. The first-order chi connectivity index (χ1) is 7.56. The van der Waals surface area contributed by atoms with Crippen LogP contribution in [-0.4, -0.2) is 9.78 Å². The van der Waals surface area contributed by atoms with Gasteiger partial charge in [-0.1, -0.05) is 18.2 Å². The van der Waals surface area contributed by atoms with Gasteiger partial charge >= 0.3 is 0 Å². The number of hydrogen-bond acceptors (Lipinski definition) is 2. The fourth-order valence-electron chi connectivity index (χ4n) is 1.77. The number of rotatable bonds is 2. The molecular formula is C13H17N3. The van der Waals surface area contributed by atoms with E-state index in [9.17, 15) is 0 Å². The van der Waals surface area contributed by atoms with Crippen LogP contribution in [0.25, 0.3) is 0 Å². The summed E-state index contributed by atoms with van der Waals surface area (Å²) < 4.78 is 1.83. The van der Waals surface area contributed by atoms with Gasteiger partial charge in [-0.3, -0.25) is 0 Å². The van der Waals surface area contributed by atoms with E-state index in [0.29, 0.717) is 0 Å². The highest BCUT2D eigenvalue weighted by atomic mass is 15.3. The first kappa shape index (κ1) is 10.7. The van der Waals surface area contributed by atoms with E-state index < -0.39 is 0 Å². The van der Waals surface area contributed by atoms with Crippen molar-refractivity contribution < 1.29 is 0 Å². The van der Waals surface area contributed by atoms with Crippen LogP contribution in [0.1, 0.15) is 22.4 Å². The van der Waals surface area contributed by atoms with Crippen molar-refractivity contribution in [1.82, 2.24) is 9.78 Å². The smallest absolute Gasteiger partial charge is 0.122 e. The van der Waals surface area contributed by atoms with Crippen molar-refractivity contribution in [2.24, 2.45) is 0 Å². The summed E-state index contributed by atoms with van der Waals surface area (Å²) in [6.45, 7) is 6.93. The summed E-state index contributed by atoms with van der Waals surface area (Å²) >= 11 is 0. The molecule has 0 fully saturated rings. The first-order valence-electron chi connectivity index (χ1n) is 5.42. The second-order valence-corrected chi connectivity index (χ2v) is 4.29. The zero-order chi connectivity index (χ0) is 11.7. The molecular weight excluding hydrogens is 198 g/mol. The molecule has 2 rings (SSSR count). The highest BCUT2D eigenvalue weighted by molar-refractivity contribution is 5.34. The quantitative estimate of drug-likeness (QED) is 0.836. The van der Waals surface area contributed by atoms with E-state index in [0.717, 1.165) is 18.1 Å². The average Bonchev–Trinajstić information content (AvgIpc) is 2.51. The standard InChI is InChI=1S/C13H17N3/c1-9-4-5-12(6-10(9)2)8-16-13(14)7-11(3)15-16/h4-7H,8,14H2,1-3H3. The molecule has 2 aromatic rings. The molecule has 3 nitrogen and oxygen atoms in total. The summed E-state index contributed by atoms with van der Waals surface area (Å²) in [5, 5.41) is 4.35. The first-order valence-corrected chi connectivity index (χ1v) is 5.42. The van der Waals surface area contributed by atoms with Gasteiger partial charge in [0.2, 0.25) is 0 Å². The zero-order valence-corrected chi connectivity index (χ0v) is 9.99. The molecule has 0 saturated carbocycles. The molecule has 0 atom stereocenters. The van der Waals surface area contributed by atoms with E-state index in [1.807, 2.05) is 17.7 Å². The number of nitrogen functional groups attached to an aromatic ring is 1. The van der Waals surface area contributed by atoms with Crippen molar-refractivity contribution in [1.29, 1.82) is 0 Å². The van der Waals surface area contributed by atoms with Gasteiger partial charge in [0.25, 0.3) is 0 Å². The number of aromatic nitrogens is 2. The van der Waals surface area contributed by atoms with E-state index >= 15 is 0 Å². The van der Waals surface area contributed by atoms with E-state index in [-0.39, 0.29) is 0 Å². The van der Waals surface area contributed by atoms with Gasteiger partial charge in [-0.15, -0.1) is 0 Å². The maximum Gasteiger partial charge on any atom is 0.122 e. The fourth-order valence-corrected chi connectivity index (χ4v) is 1.77. The molecule has 2 N–H and O–H groups in total. The maximum atomic E-state index is 5.86. The minimum atomic E-state index is 0.718. The van der Waals surface area contributed by atoms with E-state index in [4.69, 9.17) is 5.73 Å². The molecule has 0 aliphatic carbocycles. The van der Waals surface area contributed by atoms with Crippen molar-refractivity contribution in [3.05, 3.63) is 46.6 Å². The van der Waals surface area contributed by atoms with Gasteiger partial charge in [0.15, 0.2) is 0 Å². The van der Waals surface area contributed by atoms with Crippen LogP contribution in [0, 0.1) is 20.8 Å². The van der Waals surface area contributed by atoms with Gasteiger partial charge in [0.05, 0.1) is 12.2 Å². The van der Waals surface area contributed by atoms with Gasteiger partial charge in [-0.25, -0.2) is 4.68 Å². The third-order valence-corrected chi connectivity index (χ3v) is 2.84. The molecule has 0 radical (unpaired) electrons. The molecule has 0 amide bonds. The monoisotopic (exact) mass is 215 g/mol. The second-order valence-electron chi connectivity index (χ2n) is 4.29. The Morgan fingerprint density at radius 2 is 1.88 bits per heavy atom. The molecule has 0 bridgehead atoms. The molecule has 0 unspecified atom stereocenters. The fraction of sp³-hybridized carbons (Fsp3) is 0.308. The molecule has 0 saturated heterocycles. The Bertz CT molecular complexity index is 512. The van der Waals surface area contributed by atoms with Crippen molar-refractivity contribution in [2.45, 2.75) is 27.3 Å². The Morgan fingerprint density at radius 3 is 2.44 bits per heavy atom. The van der Waals surface area contributed by atoms with Crippen LogP contribution in [0.4, 0.5) is 5.82 Å². The van der Waals surface area contributed by atoms with Crippen LogP contribution >= 0.6 is 0 Å². The Kier molecular flexibility index (Phi) is 2.69. The molecule has 0 spiro atoms. The Labute approximate surface area is 95.9 Å². The highest BCUT2D eigenvalue weighted by Crippen LogP contribution is 2.13. The summed E-state index contributed by atoms with van der Waals surface area (Å²) in [5.74, 6) is 0.718. The van der Waals surface area contributed by atoms with Gasteiger partial charge in [0, 0.05) is 6.07 Å². The average molecular weight is 215 g/mol. The normalized spacial score (nSPS) is 10.7. The third kappa shape index (κ3) is 2.08. The third-order valence-electron chi connectivity index (χ3n) is 2.84. The number of aryl methyl sites for hydroxylation is 3. The Balaban J connectivity index is 2.27. The van der Waals surface area contributed by atoms with Crippen LogP contribution in [0.15, 0.2) is 24.3 Å². The van der Waals surface area contributed by atoms with E-state index in [2.05, 4.69) is 37.1 Å². The van der Waals surface area contributed by atoms with E-state index in [1.54, 1.807) is 0 Å². The molecule has 16 heavy (non-hydrogen) atoms. The largest absolute Gasteiger partial charge is 0.384 e. The molecule has 3 heteroatoms. The predicted octanol–water partition coefficient (Wildman–Crippen LogP) is 2.44. The summed E-state index contributed by atoms with van der Waals surface area (Å²) in [6.07, 6.45) is 0. The topological polar surface area (TPSA) is 43.8 Å². The molecule has 0 aliphatic heterocycles. The number of nitrogens with two attached hydrogens (primary N) is 1. The number of anilines is 1. The summed E-state index contributed by atoms with van der Waals surface area (Å²) in [5.41, 5.74) is 10.7. The molecule has 1 aromatic heterocycles. The SMILES string of the molecule is Cc1cc(N)n(Cc2ccc(C)c(C)c2)n1. The Morgan fingerprint density at radius 1 is 1.12 bits per heavy atom. The van der Waals surface area contributed by atoms with Gasteiger partial charge in [0.1, 0.15) is 5.82 Å². The van der Waals surface area contributed by atoms with Gasteiger partial charge < -0.3 is 5.73 Å².